The molecule has 3 rings (SSSR count). The number of carbonyl (C=O) groups is 1. The van der Waals surface area contributed by atoms with E-state index >= 15 is 0 Å². The summed E-state index contributed by atoms with van der Waals surface area (Å²) in [5.41, 5.74) is 1.71. The number of benzene rings is 2. The highest BCUT2D eigenvalue weighted by Gasteiger charge is 2.18. The van der Waals surface area contributed by atoms with Gasteiger partial charge in [0.05, 0.1) is 13.7 Å². The molecule has 2 aromatic carbocycles. The minimum Gasteiger partial charge on any atom is -0.497 e. The first-order valence-electron chi connectivity index (χ1n) is 8.42. The quantitative estimate of drug-likeness (QED) is 0.537. The van der Waals surface area contributed by atoms with Gasteiger partial charge in [-0.25, -0.2) is 0 Å². The van der Waals surface area contributed by atoms with E-state index in [1.807, 2.05) is 54.8 Å². The minimum atomic E-state index is -0.124. The van der Waals surface area contributed by atoms with Crippen LogP contribution in [0.1, 0.15) is 10.4 Å². The van der Waals surface area contributed by atoms with Crippen LogP contribution in [0.3, 0.4) is 0 Å². The molecule has 0 aliphatic heterocycles. The molecule has 4 nitrogen and oxygen atoms in total. The van der Waals surface area contributed by atoms with E-state index in [2.05, 4.69) is 0 Å². The zero-order chi connectivity index (χ0) is 19.2. The van der Waals surface area contributed by atoms with Gasteiger partial charge in [0.2, 0.25) is 0 Å². The van der Waals surface area contributed by atoms with Crippen LogP contribution in [0.4, 0.5) is 5.69 Å². The third-order valence-electron chi connectivity index (χ3n) is 4.07. The van der Waals surface area contributed by atoms with Gasteiger partial charge in [-0.05, 0) is 66.4 Å². The van der Waals surface area contributed by atoms with Gasteiger partial charge in [0.15, 0.2) is 6.61 Å². The first-order chi connectivity index (χ1) is 13.1. The molecule has 0 aliphatic carbocycles. The molecular formula is C21H20ClNO3S. The predicted molar refractivity (Wildman–Crippen MR) is 110 cm³/mol. The average molecular weight is 402 g/mol. The summed E-state index contributed by atoms with van der Waals surface area (Å²) in [6.45, 7) is 2.34. The lowest BCUT2D eigenvalue weighted by atomic mass is 10.2. The summed E-state index contributed by atoms with van der Waals surface area (Å²) in [5.74, 6) is 1.24. The van der Waals surface area contributed by atoms with E-state index < -0.39 is 0 Å². The van der Waals surface area contributed by atoms with Crippen LogP contribution in [0.15, 0.2) is 60.0 Å². The SMILES string of the molecule is COc1ccc(N(Cc2cccs2)C(=O)COc2ccc(Cl)c(C)c2)cc1. The average Bonchev–Trinajstić information content (AvgIpc) is 3.20. The van der Waals surface area contributed by atoms with Crippen LogP contribution in [-0.4, -0.2) is 19.6 Å². The lowest BCUT2D eigenvalue weighted by molar-refractivity contribution is -0.120. The molecule has 0 aliphatic rings. The van der Waals surface area contributed by atoms with E-state index in [1.165, 1.54) is 0 Å². The second-order valence-corrected chi connectivity index (χ2v) is 7.40. The van der Waals surface area contributed by atoms with E-state index in [1.54, 1.807) is 35.5 Å². The maximum Gasteiger partial charge on any atom is 0.265 e. The Morgan fingerprint density at radius 1 is 1.11 bits per heavy atom. The molecule has 0 bridgehead atoms. The second kappa shape index (κ2) is 8.93. The molecule has 0 radical (unpaired) electrons. The molecule has 1 heterocycles. The van der Waals surface area contributed by atoms with Crippen LogP contribution in [-0.2, 0) is 11.3 Å². The van der Waals surface area contributed by atoms with Crippen LogP contribution < -0.4 is 14.4 Å². The van der Waals surface area contributed by atoms with E-state index in [-0.39, 0.29) is 12.5 Å². The number of thiophene rings is 1. The molecule has 0 saturated carbocycles. The van der Waals surface area contributed by atoms with E-state index in [4.69, 9.17) is 21.1 Å². The zero-order valence-corrected chi connectivity index (χ0v) is 16.7. The Morgan fingerprint density at radius 2 is 1.85 bits per heavy atom. The smallest absolute Gasteiger partial charge is 0.265 e. The van der Waals surface area contributed by atoms with E-state index in [9.17, 15) is 4.79 Å². The van der Waals surface area contributed by atoms with Crippen molar-refractivity contribution in [1.82, 2.24) is 0 Å². The highest BCUT2D eigenvalue weighted by atomic mass is 35.5. The van der Waals surface area contributed by atoms with Crippen molar-refractivity contribution in [3.63, 3.8) is 0 Å². The highest BCUT2D eigenvalue weighted by molar-refractivity contribution is 7.09. The summed E-state index contributed by atoms with van der Waals surface area (Å²) in [5, 5.41) is 2.67. The number of aryl methyl sites for hydroxylation is 1. The van der Waals surface area contributed by atoms with Gasteiger partial charge in [-0.2, -0.15) is 0 Å². The Labute approximate surface area is 167 Å². The number of rotatable bonds is 7. The molecule has 27 heavy (non-hydrogen) atoms. The van der Waals surface area contributed by atoms with Crippen LogP contribution in [0.25, 0.3) is 0 Å². The van der Waals surface area contributed by atoms with Gasteiger partial charge >= 0.3 is 0 Å². The van der Waals surface area contributed by atoms with Gasteiger partial charge in [-0.1, -0.05) is 17.7 Å². The maximum atomic E-state index is 12.9. The normalized spacial score (nSPS) is 10.5. The lowest BCUT2D eigenvalue weighted by Crippen LogP contribution is -2.34. The molecule has 3 aromatic rings. The monoisotopic (exact) mass is 401 g/mol. The van der Waals surface area contributed by atoms with Crippen molar-refractivity contribution >= 4 is 34.5 Å². The van der Waals surface area contributed by atoms with Crippen LogP contribution in [0, 0.1) is 6.92 Å². The molecule has 0 N–H and O–H groups in total. The number of hydrogen-bond donors (Lipinski definition) is 0. The van der Waals surface area contributed by atoms with Crippen LogP contribution >= 0.6 is 22.9 Å². The van der Waals surface area contributed by atoms with E-state index in [0.717, 1.165) is 21.9 Å². The molecule has 0 spiro atoms. The van der Waals surface area contributed by atoms with Gasteiger partial charge in [-0.3, -0.25) is 4.79 Å². The molecule has 0 fully saturated rings. The number of anilines is 1. The summed E-state index contributed by atoms with van der Waals surface area (Å²) in [6.07, 6.45) is 0. The first kappa shape index (κ1) is 19.3. The number of carbonyl (C=O) groups excluding carboxylic acids is 1. The molecule has 1 amide bonds. The number of nitrogens with zero attached hydrogens (tertiary/aromatic N) is 1. The summed E-state index contributed by atoms with van der Waals surface area (Å²) in [6, 6.07) is 16.8. The third kappa shape index (κ3) is 5.02. The van der Waals surface area contributed by atoms with Gasteiger partial charge in [0.1, 0.15) is 11.5 Å². The van der Waals surface area contributed by atoms with Gasteiger partial charge in [-0.15, -0.1) is 11.3 Å². The van der Waals surface area contributed by atoms with Crippen molar-refractivity contribution in [3.05, 3.63) is 75.4 Å². The van der Waals surface area contributed by atoms with Crippen LogP contribution in [0.2, 0.25) is 5.02 Å². The number of methoxy groups -OCH3 is 1. The third-order valence-corrected chi connectivity index (χ3v) is 5.36. The first-order valence-corrected chi connectivity index (χ1v) is 9.68. The fourth-order valence-corrected chi connectivity index (χ4v) is 3.38. The number of ether oxygens (including phenoxy) is 2. The molecule has 1 aromatic heterocycles. The molecule has 6 heteroatoms. The summed E-state index contributed by atoms with van der Waals surface area (Å²) in [4.78, 5) is 15.7. The van der Waals surface area contributed by atoms with Crippen LogP contribution in [0.5, 0.6) is 11.5 Å². The molecule has 140 valence electrons. The van der Waals surface area contributed by atoms with Crippen molar-refractivity contribution in [1.29, 1.82) is 0 Å². The lowest BCUT2D eigenvalue weighted by Gasteiger charge is -2.23. The van der Waals surface area contributed by atoms with Crippen molar-refractivity contribution in [2.45, 2.75) is 13.5 Å². The molecule has 0 unspecified atom stereocenters. The number of halogens is 1. The number of hydrogen-bond acceptors (Lipinski definition) is 4. The fraction of sp³-hybridized carbons (Fsp3) is 0.190. The topological polar surface area (TPSA) is 38.8 Å². The Morgan fingerprint density at radius 3 is 2.48 bits per heavy atom. The summed E-state index contributed by atoms with van der Waals surface area (Å²) in [7, 11) is 1.62. The molecular weight excluding hydrogens is 382 g/mol. The Bertz CT molecular complexity index is 894. The maximum absolute atomic E-state index is 12.9. The molecule has 0 saturated heterocycles. The van der Waals surface area contributed by atoms with Crippen molar-refractivity contribution in [2.75, 3.05) is 18.6 Å². The Hall–Kier alpha value is -2.50. The Balaban J connectivity index is 1.75. The Kier molecular flexibility index (Phi) is 6.37. The highest BCUT2D eigenvalue weighted by Crippen LogP contribution is 2.24. The van der Waals surface area contributed by atoms with Gasteiger partial charge in [0.25, 0.3) is 5.91 Å². The van der Waals surface area contributed by atoms with E-state index in [0.29, 0.717) is 17.3 Å². The zero-order valence-electron chi connectivity index (χ0n) is 15.1. The van der Waals surface area contributed by atoms with Crippen molar-refractivity contribution in [2.24, 2.45) is 0 Å². The fourth-order valence-electron chi connectivity index (χ4n) is 2.57. The molecule has 0 atom stereocenters. The summed E-state index contributed by atoms with van der Waals surface area (Å²) < 4.78 is 10.9. The minimum absolute atomic E-state index is 0.0571. The standard InChI is InChI=1S/C21H20ClNO3S/c1-15-12-18(9-10-20(15)22)26-14-21(24)23(13-19-4-3-11-27-19)16-5-7-17(25-2)8-6-16/h3-12H,13-14H2,1-2H3. The van der Waals surface area contributed by atoms with Gasteiger partial charge in [0, 0.05) is 15.6 Å². The van der Waals surface area contributed by atoms with Crippen molar-refractivity contribution in [3.8, 4) is 11.5 Å². The predicted octanol–water partition coefficient (Wildman–Crippen LogP) is 5.33. The number of amides is 1. The van der Waals surface area contributed by atoms with Gasteiger partial charge < -0.3 is 14.4 Å². The van der Waals surface area contributed by atoms with Crippen molar-refractivity contribution < 1.29 is 14.3 Å². The second-order valence-electron chi connectivity index (χ2n) is 5.96. The summed E-state index contributed by atoms with van der Waals surface area (Å²) >= 11 is 7.65. The largest absolute Gasteiger partial charge is 0.497 e.